The van der Waals surface area contributed by atoms with Gasteiger partial charge in [0.1, 0.15) is 0 Å². The molecule has 0 fully saturated rings. The van der Waals surface area contributed by atoms with E-state index in [1.54, 1.807) is 0 Å². The van der Waals surface area contributed by atoms with E-state index in [4.69, 9.17) is 5.73 Å². The molecule has 0 saturated carbocycles. The molecule has 14 heavy (non-hydrogen) atoms. The Morgan fingerprint density at radius 1 is 1.36 bits per heavy atom. The molecule has 0 radical (unpaired) electrons. The average molecular weight is 188 g/mol. The number of nitrogens with one attached hydrogen (secondary N) is 1. The van der Waals surface area contributed by atoms with Crippen molar-refractivity contribution in [1.29, 1.82) is 0 Å². The number of H-pyrrole nitrogens is 1. The van der Waals surface area contributed by atoms with Gasteiger partial charge in [0.25, 0.3) is 0 Å². The Hall–Kier alpha value is -1.28. The monoisotopic (exact) mass is 188 g/mol. The number of aromatic nitrogens is 1. The number of aromatic amines is 1. The molecule has 0 bridgehead atoms. The summed E-state index contributed by atoms with van der Waals surface area (Å²) in [5.41, 5.74) is 10.7. The van der Waals surface area contributed by atoms with Gasteiger partial charge in [0, 0.05) is 23.1 Å². The molecule has 1 aromatic heterocycles. The first kappa shape index (κ1) is 9.28. The van der Waals surface area contributed by atoms with Crippen LogP contribution < -0.4 is 5.73 Å². The molecule has 0 spiro atoms. The molecule has 1 heterocycles. The Kier molecular flexibility index (Phi) is 2.30. The van der Waals surface area contributed by atoms with Gasteiger partial charge in [-0.1, -0.05) is 19.1 Å². The van der Waals surface area contributed by atoms with Crippen molar-refractivity contribution >= 4 is 10.9 Å². The van der Waals surface area contributed by atoms with Gasteiger partial charge in [-0.05, 0) is 30.5 Å². The summed E-state index contributed by atoms with van der Waals surface area (Å²) < 4.78 is 0. The third kappa shape index (κ3) is 1.32. The van der Waals surface area contributed by atoms with E-state index >= 15 is 0 Å². The topological polar surface area (TPSA) is 41.8 Å². The van der Waals surface area contributed by atoms with E-state index in [-0.39, 0.29) is 0 Å². The van der Waals surface area contributed by atoms with Crippen LogP contribution in [0.15, 0.2) is 18.2 Å². The van der Waals surface area contributed by atoms with Crippen LogP contribution in [-0.2, 0) is 13.0 Å². The van der Waals surface area contributed by atoms with Gasteiger partial charge >= 0.3 is 0 Å². The largest absolute Gasteiger partial charge is 0.358 e. The molecular formula is C12H16N2. The van der Waals surface area contributed by atoms with Crippen molar-refractivity contribution in [3.63, 3.8) is 0 Å². The zero-order valence-electron chi connectivity index (χ0n) is 8.72. The minimum atomic E-state index is 0.608. The average Bonchev–Trinajstić information content (AvgIpc) is 2.51. The highest BCUT2D eigenvalue weighted by Crippen LogP contribution is 2.22. The van der Waals surface area contributed by atoms with E-state index in [1.165, 1.54) is 27.7 Å². The Balaban J connectivity index is 2.68. The van der Waals surface area contributed by atoms with Gasteiger partial charge in [-0.2, -0.15) is 0 Å². The van der Waals surface area contributed by atoms with Crippen molar-refractivity contribution in [2.24, 2.45) is 5.73 Å². The lowest BCUT2D eigenvalue weighted by molar-refractivity contribution is 1.05. The lowest BCUT2D eigenvalue weighted by Crippen LogP contribution is -1.96. The Labute approximate surface area is 84.1 Å². The second-order valence-corrected chi connectivity index (χ2v) is 3.67. The molecule has 1 aromatic carbocycles. The Morgan fingerprint density at radius 3 is 2.79 bits per heavy atom. The highest BCUT2D eigenvalue weighted by Gasteiger charge is 2.06. The van der Waals surface area contributed by atoms with Crippen LogP contribution in [-0.4, -0.2) is 4.98 Å². The number of nitrogens with two attached hydrogens (primary N) is 1. The van der Waals surface area contributed by atoms with Gasteiger partial charge in [0.05, 0.1) is 0 Å². The summed E-state index contributed by atoms with van der Waals surface area (Å²) in [6, 6.07) is 6.55. The number of rotatable bonds is 2. The summed E-state index contributed by atoms with van der Waals surface area (Å²) in [4.78, 5) is 3.37. The van der Waals surface area contributed by atoms with E-state index in [0.717, 1.165) is 6.42 Å². The summed E-state index contributed by atoms with van der Waals surface area (Å²) in [7, 11) is 0. The zero-order chi connectivity index (χ0) is 10.1. The first-order valence-electron chi connectivity index (χ1n) is 5.06. The maximum absolute atomic E-state index is 5.71. The zero-order valence-corrected chi connectivity index (χ0v) is 8.72. The normalized spacial score (nSPS) is 11.1. The molecule has 2 nitrogen and oxygen atoms in total. The molecule has 2 rings (SSSR count). The Bertz CT molecular complexity index is 455. The van der Waals surface area contributed by atoms with Gasteiger partial charge in [-0.25, -0.2) is 0 Å². The molecular weight excluding hydrogens is 172 g/mol. The van der Waals surface area contributed by atoms with E-state index < -0.39 is 0 Å². The third-order valence-corrected chi connectivity index (χ3v) is 2.80. The van der Waals surface area contributed by atoms with E-state index in [1.807, 2.05) is 0 Å². The summed E-state index contributed by atoms with van der Waals surface area (Å²) in [6.45, 7) is 4.85. The molecule has 0 atom stereocenters. The fraction of sp³-hybridized carbons (Fsp3) is 0.333. The maximum Gasteiger partial charge on any atom is 0.0462 e. The van der Waals surface area contributed by atoms with E-state index in [0.29, 0.717) is 6.54 Å². The molecule has 0 amide bonds. The van der Waals surface area contributed by atoms with Gasteiger partial charge in [-0.3, -0.25) is 0 Å². The quantitative estimate of drug-likeness (QED) is 0.747. The second kappa shape index (κ2) is 3.46. The van der Waals surface area contributed by atoms with Crippen LogP contribution in [0.2, 0.25) is 0 Å². The van der Waals surface area contributed by atoms with Crippen molar-refractivity contribution in [2.75, 3.05) is 0 Å². The molecule has 0 unspecified atom stereocenters. The van der Waals surface area contributed by atoms with Crippen LogP contribution in [0.5, 0.6) is 0 Å². The highest BCUT2D eigenvalue weighted by atomic mass is 14.7. The molecule has 0 aliphatic carbocycles. The molecule has 3 N–H and O–H groups in total. The number of hydrogen-bond acceptors (Lipinski definition) is 1. The fourth-order valence-electron chi connectivity index (χ4n) is 1.92. The highest BCUT2D eigenvalue weighted by molar-refractivity contribution is 5.85. The van der Waals surface area contributed by atoms with Gasteiger partial charge in [-0.15, -0.1) is 0 Å². The van der Waals surface area contributed by atoms with Crippen molar-refractivity contribution in [2.45, 2.75) is 26.8 Å². The standard InChI is InChI=1S/C12H16N2/c1-3-9-4-5-10-11(7-13)8(2)14-12(10)6-9/h4-6,14H,3,7,13H2,1-2H3. The smallest absolute Gasteiger partial charge is 0.0462 e. The lowest BCUT2D eigenvalue weighted by Gasteiger charge is -1.97. The first-order valence-corrected chi connectivity index (χ1v) is 5.06. The van der Waals surface area contributed by atoms with Crippen LogP contribution in [0.4, 0.5) is 0 Å². The molecule has 2 heteroatoms. The van der Waals surface area contributed by atoms with Crippen molar-refractivity contribution in [3.8, 4) is 0 Å². The van der Waals surface area contributed by atoms with Gasteiger partial charge in [0.15, 0.2) is 0 Å². The fourth-order valence-corrected chi connectivity index (χ4v) is 1.92. The number of fused-ring (bicyclic) bond motifs is 1. The van der Waals surface area contributed by atoms with E-state index in [9.17, 15) is 0 Å². The molecule has 0 saturated heterocycles. The maximum atomic E-state index is 5.71. The number of benzene rings is 1. The third-order valence-electron chi connectivity index (χ3n) is 2.80. The molecule has 0 aliphatic rings. The summed E-state index contributed by atoms with van der Waals surface area (Å²) in [5.74, 6) is 0. The predicted molar refractivity (Wildman–Crippen MR) is 60.3 cm³/mol. The van der Waals surface area contributed by atoms with Crippen LogP contribution in [0.1, 0.15) is 23.7 Å². The van der Waals surface area contributed by atoms with Crippen LogP contribution in [0.25, 0.3) is 10.9 Å². The minimum Gasteiger partial charge on any atom is -0.358 e. The summed E-state index contributed by atoms with van der Waals surface area (Å²) >= 11 is 0. The van der Waals surface area contributed by atoms with Gasteiger partial charge < -0.3 is 10.7 Å². The molecule has 74 valence electrons. The van der Waals surface area contributed by atoms with Crippen LogP contribution in [0, 0.1) is 6.92 Å². The minimum absolute atomic E-state index is 0.608. The van der Waals surface area contributed by atoms with Crippen LogP contribution in [0.3, 0.4) is 0 Å². The van der Waals surface area contributed by atoms with Crippen molar-refractivity contribution in [3.05, 3.63) is 35.0 Å². The van der Waals surface area contributed by atoms with Crippen molar-refractivity contribution in [1.82, 2.24) is 4.98 Å². The lowest BCUT2D eigenvalue weighted by atomic mass is 10.1. The number of aryl methyl sites for hydroxylation is 2. The predicted octanol–water partition coefficient (Wildman–Crippen LogP) is 2.50. The summed E-state index contributed by atoms with van der Waals surface area (Å²) in [5, 5.41) is 1.27. The van der Waals surface area contributed by atoms with Gasteiger partial charge in [0.2, 0.25) is 0 Å². The van der Waals surface area contributed by atoms with Crippen molar-refractivity contribution < 1.29 is 0 Å². The molecule has 2 aromatic rings. The number of hydrogen-bond donors (Lipinski definition) is 2. The second-order valence-electron chi connectivity index (χ2n) is 3.67. The summed E-state index contributed by atoms with van der Waals surface area (Å²) in [6.07, 6.45) is 1.08. The van der Waals surface area contributed by atoms with Crippen LogP contribution >= 0.6 is 0 Å². The van der Waals surface area contributed by atoms with E-state index in [2.05, 4.69) is 37.0 Å². The SMILES string of the molecule is CCc1ccc2c(CN)c(C)[nH]c2c1. The first-order chi connectivity index (χ1) is 6.76. The molecule has 0 aliphatic heterocycles. The Morgan fingerprint density at radius 2 is 2.14 bits per heavy atom.